The Morgan fingerprint density at radius 3 is 2.71 bits per heavy atom. The van der Waals surface area contributed by atoms with E-state index in [-0.39, 0.29) is 18.4 Å². The van der Waals surface area contributed by atoms with Crippen LogP contribution in [-0.2, 0) is 17.8 Å². The monoisotopic (exact) mass is 413 g/mol. The minimum absolute atomic E-state index is 0.0465. The van der Waals surface area contributed by atoms with Crippen LogP contribution in [0.2, 0.25) is 0 Å². The second-order valence-corrected chi connectivity index (χ2v) is 7.73. The number of pyridine rings is 1. The number of benzene rings is 2. The lowest BCUT2D eigenvalue weighted by molar-refractivity contribution is -0.121. The molecule has 0 fully saturated rings. The number of carbonyl (C=O) groups excluding carboxylic acids is 1. The first kappa shape index (κ1) is 19.3. The first-order valence-corrected chi connectivity index (χ1v) is 10.4. The maximum Gasteiger partial charge on any atom is 0.226 e. The van der Waals surface area contributed by atoms with E-state index in [1.54, 1.807) is 0 Å². The molecular formula is C25H23N3O3. The van der Waals surface area contributed by atoms with E-state index < -0.39 is 0 Å². The van der Waals surface area contributed by atoms with Crippen molar-refractivity contribution in [3.63, 3.8) is 0 Å². The molecule has 5 rings (SSSR count). The second-order valence-electron chi connectivity index (χ2n) is 7.73. The van der Waals surface area contributed by atoms with Crippen LogP contribution in [0.15, 0.2) is 65.8 Å². The number of ether oxygens (including phenoxy) is 2. The molecule has 0 aliphatic carbocycles. The van der Waals surface area contributed by atoms with Crippen molar-refractivity contribution in [2.24, 2.45) is 4.99 Å². The lowest BCUT2D eigenvalue weighted by atomic mass is 10.0. The van der Waals surface area contributed by atoms with Gasteiger partial charge in [-0.2, -0.15) is 0 Å². The van der Waals surface area contributed by atoms with Crippen LogP contribution in [0, 0.1) is 0 Å². The summed E-state index contributed by atoms with van der Waals surface area (Å²) < 4.78 is 11.3. The summed E-state index contributed by atoms with van der Waals surface area (Å²) in [6.45, 7) is 3.68. The number of aromatic nitrogens is 1. The Morgan fingerprint density at radius 1 is 1.06 bits per heavy atom. The van der Waals surface area contributed by atoms with Crippen molar-refractivity contribution in [2.45, 2.75) is 25.9 Å². The second kappa shape index (κ2) is 8.22. The van der Waals surface area contributed by atoms with Gasteiger partial charge in [0.25, 0.3) is 0 Å². The Kier molecular flexibility index (Phi) is 5.12. The quantitative estimate of drug-likeness (QED) is 0.693. The predicted molar refractivity (Wildman–Crippen MR) is 118 cm³/mol. The number of rotatable bonds is 5. The van der Waals surface area contributed by atoms with Crippen LogP contribution in [0.5, 0.6) is 11.5 Å². The summed E-state index contributed by atoms with van der Waals surface area (Å²) in [5.74, 6) is 1.46. The van der Waals surface area contributed by atoms with Crippen LogP contribution < -0.4 is 14.8 Å². The zero-order valence-corrected chi connectivity index (χ0v) is 17.3. The van der Waals surface area contributed by atoms with Crippen molar-refractivity contribution >= 4 is 11.6 Å². The van der Waals surface area contributed by atoms with Gasteiger partial charge in [0.2, 0.25) is 5.91 Å². The molecule has 1 amide bonds. The summed E-state index contributed by atoms with van der Waals surface area (Å²) in [6.07, 6.45) is 2.06. The lowest BCUT2D eigenvalue weighted by Gasteiger charge is -2.19. The molecule has 2 aliphatic rings. The van der Waals surface area contributed by atoms with Crippen LogP contribution in [0.3, 0.4) is 0 Å². The number of fused-ring (bicyclic) bond motifs is 2. The van der Waals surface area contributed by atoms with Crippen molar-refractivity contribution < 1.29 is 14.3 Å². The predicted octanol–water partition coefficient (Wildman–Crippen LogP) is 3.62. The Bertz CT molecular complexity index is 1160. The number of hydrogen-bond donors (Lipinski definition) is 1. The number of nitrogens with one attached hydrogen (secondary N) is 1. The molecule has 0 saturated heterocycles. The fourth-order valence-corrected chi connectivity index (χ4v) is 3.96. The molecule has 3 aromatic rings. The van der Waals surface area contributed by atoms with Crippen LogP contribution in [0.25, 0.3) is 0 Å². The molecule has 1 atom stereocenters. The third-order valence-electron chi connectivity index (χ3n) is 5.54. The average molecular weight is 413 g/mol. The van der Waals surface area contributed by atoms with Gasteiger partial charge in [0.05, 0.1) is 30.4 Å². The third kappa shape index (κ3) is 4.01. The number of amides is 1. The van der Waals surface area contributed by atoms with E-state index in [9.17, 15) is 4.79 Å². The van der Waals surface area contributed by atoms with Gasteiger partial charge < -0.3 is 14.8 Å². The van der Waals surface area contributed by atoms with Gasteiger partial charge >= 0.3 is 0 Å². The molecule has 1 N–H and O–H groups in total. The molecule has 0 bridgehead atoms. The largest absolute Gasteiger partial charge is 0.486 e. The number of aliphatic imine (C=N–C) groups is 1. The minimum Gasteiger partial charge on any atom is -0.486 e. The molecule has 0 spiro atoms. The molecule has 1 aromatic heterocycles. The van der Waals surface area contributed by atoms with Gasteiger partial charge in [-0.15, -0.1) is 0 Å². The van der Waals surface area contributed by atoms with E-state index in [0.717, 1.165) is 45.2 Å². The van der Waals surface area contributed by atoms with Gasteiger partial charge in [0.1, 0.15) is 13.2 Å². The van der Waals surface area contributed by atoms with E-state index in [0.29, 0.717) is 19.8 Å². The zero-order chi connectivity index (χ0) is 21.2. The molecule has 6 nitrogen and oxygen atoms in total. The molecule has 0 radical (unpaired) electrons. The highest BCUT2D eigenvalue weighted by molar-refractivity contribution is 6.15. The van der Waals surface area contributed by atoms with Crippen molar-refractivity contribution in [3.05, 3.63) is 88.7 Å². The number of nitrogens with zero attached hydrogens (tertiary/aromatic N) is 2. The highest BCUT2D eigenvalue weighted by atomic mass is 16.6. The van der Waals surface area contributed by atoms with E-state index in [1.807, 2.05) is 67.7 Å². The molecule has 156 valence electrons. The van der Waals surface area contributed by atoms with Crippen LogP contribution in [-0.4, -0.2) is 29.8 Å². The van der Waals surface area contributed by atoms with Crippen LogP contribution in [0.4, 0.5) is 0 Å². The van der Waals surface area contributed by atoms with Crippen LogP contribution >= 0.6 is 0 Å². The molecule has 31 heavy (non-hydrogen) atoms. The first-order chi connectivity index (χ1) is 15.2. The molecule has 2 aliphatic heterocycles. The summed E-state index contributed by atoms with van der Waals surface area (Å²) >= 11 is 0. The van der Waals surface area contributed by atoms with Gasteiger partial charge in [0, 0.05) is 17.3 Å². The Hall–Kier alpha value is -3.67. The zero-order valence-electron chi connectivity index (χ0n) is 17.3. The molecular weight excluding hydrogens is 390 g/mol. The van der Waals surface area contributed by atoms with E-state index in [1.165, 1.54) is 0 Å². The summed E-state index contributed by atoms with van der Waals surface area (Å²) in [4.78, 5) is 21.8. The fraction of sp³-hybridized carbons (Fsp3) is 0.240. The minimum atomic E-state index is -0.0479. The number of carbonyl (C=O) groups is 1. The lowest BCUT2D eigenvalue weighted by Crippen LogP contribution is -2.28. The molecule has 2 aromatic carbocycles. The average Bonchev–Trinajstić information content (AvgIpc) is 3.22. The first-order valence-electron chi connectivity index (χ1n) is 10.4. The van der Waals surface area contributed by atoms with Gasteiger partial charge in [-0.1, -0.05) is 30.3 Å². The highest BCUT2D eigenvalue weighted by Gasteiger charge is 2.21. The number of hydrogen-bond acceptors (Lipinski definition) is 5. The third-order valence-corrected chi connectivity index (χ3v) is 5.54. The van der Waals surface area contributed by atoms with E-state index >= 15 is 0 Å². The summed E-state index contributed by atoms with van der Waals surface area (Å²) in [6, 6.07) is 17.7. The van der Waals surface area contributed by atoms with Gasteiger partial charge in [-0.05, 0) is 42.3 Å². The Labute approximate surface area is 181 Å². The van der Waals surface area contributed by atoms with Gasteiger partial charge in [-0.3, -0.25) is 14.8 Å². The normalized spacial score (nSPS) is 15.1. The SMILES string of the molecule is C[C@@H](NC(=O)Cc1cc2c(cn1)C(c1ccc3c(c1)OCCO3)=NC2)c1ccccc1. The fourth-order valence-electron chi connectivity index (χ4n) is 3.96. The van der Waals surface area contributed by atoms with E-state index in [2.05, 4.69) is 10.3 Å². The summed E-state index contributed by atoms with van der Waals surface area (Å²) in [5, 5.41) is 3.04. The maximum atomic E-state index is 12.5. The standard InChI is InChI=1S/C25H23N3O3/c1-16(17-5-3-2-4-6-17)28-24(29)13-20-11-19-14-27-25(21(19)15-26-20)18-7-8-22-23(12-18)31-10-9-30-22/h2-8,11-12,15-16H,9-10,13-14H2,1H3,(H,28,29)/t16-/m1/s1. The topological polar surface area (TPSA) is 72.8 Å². The molecule has 3 heterocycles. The van der Waals surface area contributed by atoms with Crippen molar-refractivity contribution in [3.8, 4) is 11.5 Å². The Balaban J connectivity index is 1.28. The molecule has 6 heteroatoms. The van der Waals surface area contributed by atoms with Gasteiger partial charge in [0.15, 0.2) is 11.5 Å². The molecule has 0 saturated carbocycles. The highest BCUT2D eigenvalue weighted by Crippen LogP contribution is 2.33. The maximum absolute atomic E-state index is 12.5. The van der Waals surface area contributed by atoms with Crippen molar-refractivity contribution in [2.75, 3.05) is 13.2 Å². The summed E-state index contributed by atoms with van der Waals surface area (Å²) in [7, 11) is 0. The van der Waals surface area contributed by atoms with Crippen molar-refractivity contribution in [1.82, 2.24) is 10.3 Å². The smallest absolute Gasteiger partial charge is 0.226 e. The molecule has 0 unspecified atom stereocenters. The Morgan fingerprint density at radius 2 is 1.87 bits per heavy atom. The summed E-state index contributed by atoms with van der Waals surface area (Å²) in [5.41, 5.74) is 5.78. The van der Waals surface area contributed by atoms with Crippen LogP contribution in [0.1, 0.15) is 40.9 Å². The van der Waals surface area contributed by atoms with Gasteiger partial charge in [-0.25, -0.2) is 0 Å². The van der Waals surface area contributed by atoms with Crippen molar-refractivity contribution in [1.29, 1.82) is 0 Å². The van der Waals surface area contributed by atoms with E-state index in [4.69, 9.17) is 14.5 Å².